The number of hydrogen-bond donors (Lipinski definition) is 2. The normalized spacial score (nSPS) is 16.9. The topological polar surface area (TPSA) is 52.6 Å². The summed E-state index contributed by atoms with van der Waals surface area (Å²) in [5.74, 6) is 0.915. The zero-order valence-corrected chi connectivity index (χ0v) is 17.2. The molecule has 142 valence electrons. The predicted octanol–water partition coefficient (Wildman–Crippen LogP) is 3.07. The number of likely N-dealkylation sites (tertiary alicyclic amines) is 1. The molecule has 0 aliphatic carbocycles. The van der Waals surface area contributed by atoms with E-state index >= 15 is 0 Å². The number of aromatic nitrogens is 1. The van der Waals surface area contributed by atoms with E-state index in [1.807, 2.05) is 0 Å². The second kappa shape index (κ2) is 10.1. The summed E-state index contributed by atoms with van der Waals surface area (Å²) in [5, 5.41) is 10.2. The summed E-state index contributed by atoms with van der Waals surface area (Å²) in [6.07, 6.45) is 5.97. The van der Waals surface area contributed by atoms with Gasteiger partial charge in [0.15, 0.2) is 5.96 Å². The molecule has 0 aromatic carbocycles. The van der Waals surface area contributed by atoms with E-state index in [1.54, 1.807) is 11.3 Å². The molecule has 1 aromatic rings. The Morgan fingerprint density at radius 1 is 1.24 bits per heavy atom. The largest absolute Gasteiger partial charge is 0.357 e. The van der Waals surface area contributed by atoms with Gasteiger partial charge in [-0.3, -0.25) is 9.89 Å². The molecule has 1 fully saturated rings. The van der Waals surface area contributed by atoms with E-state index in [0.29, 0.717) is 0 Å². The minimum absolute atomic E-state index is 0.119. The van der Waals surface area contributed by atoms with E-state index in [0.717, 1.165) is 38.4 Å². The standard InChI is InChI=1S/C19H35N5S/c1-5-17-23-16(14-25-17)10-11-21-18(20-6-2)22-15-19(3,4)24-12-8-7-9-13-24/h14H,5-13,15H2,1-4H3,(H2,20,21,22). The molecule has 2 N–H and O–H groups in total. The highest BCUT2D eigenvalue weighted by molar-refractivity contribution is 7.09. The molecule has 0 bridgehead atoms. The highest BCUT2D eigenvalue weighted by atomic mass is 32.1. The number of hydrogen-bond acceptors (Lipinski definition) is 4. The number of guanidine groups is 1. The molecule has 0 saturated carbocycles. The van der Waals surface area contributed by atoms with E-state index in [2.05, 4.69) is 53.6 Å². The molecule has 0 atom stereocenters. The number of thiazole rings is 1. The van der Waals surface area contributed by atoms with Crippen LogP contribution in [-0.4, -0.2) is 54.1 Å². The second-order valence-electron chi connectivity index (χ2n) is 7.32. The Morgan fingerprint density at radius 3 is 2.64 bits per heavy atom. The van der Waals surface area contributed by atoms with Crippen LogP contribution in [0.15, 0.2) is 10.4 Å². The molecule has 5 nitrogen and oxygen atoms in total. The molecule has 0 spiro atoms. The van der Waals surface area contributed by atoms with Gasteiger partial charge in [-0.1, -0.05) is 13.3 Å². The molecule has 6 heteroatoms. The van der Waals surface area contributed by atoms with Gasteiger partial charge >= 0.3 is 0 Å². The Labute approximate surface area is 157 Å². The summed E-state index contributed by atoms with van der Waals surface area (Å²) < 4.78 is 0. The fourth-order valence-electron chi connectivity index (χ4n) is 3.15. The van der Waals surface area contributed by atoms with E-state index in [9.17, 15) is 0 Å². The fourth-order valence-corrected chi connectivity index (χ4v) is 3.93. The van der Waals surface area contributed by atoms with Crippen LogP contribution in [0.25, 0.3) is 0 Å². The Balaban J connectivity index is 1.84. The number of piperidine rings is 1. The lowest BCUT2D eigenvalue weighted by Crippen LogP contribution is -2.49. The predicted molar refractivity (Wildman–Crippen MR) is 109 cm³/mol. The van der Waals surface area contributed by atoms with Gasteiger partial charge in [-0.15, -0.1) is 11.3 Å². The minimum Gasteiger partial charge on any atom is -0.357 e. The average Bonchev–Trinajstić information content (AvgIpc) is 3.08. The number of nitrogens with one attached hydrogen (secondary N) is 2. The first kappa shape index (κ1) is 20.2. The Bertz CT molecular complexity index is 532. The van der Waals surface area contributed by atoms with Crippen molar-refractivity contribution in [2.24, 2.45) is 4.99 Å². The number of nitrogens with zero attached hydrogens (tertiary/aromatic N) is 3. The van der Waals surface area contributed by atoms with Crippen molar-refractivity contribution in [3.05, 3.63) is 16.1 Å². The average molecular weight is 366 g/mol. The summed E-state index contributed by atoms with van der Waals surface area (Å²) in [7, 11) is 0. The molecule has 1 aromatic heterocycles. The number of aliphatic imine (C=N–C) groups is 1. The highest BCUT2D eigenvalue weighted by Crippen LogP contribution is 2.20. The van der Waals surface area contributed by atoms with Crippen LogP contribution in [-0.2, 0) is 12.8 Å². The lowest BCUT2D eigenvalue weighted by Gasteiger charge is -2.40. The smallest absolute Gasteiger partial charge is 0.191 e. The lowest BCUT2D eigenvalue weighted by atomic mass is 9.99. The molecule has 1 aliphatic heterocycles. The van der Waals surface area contributed by atoms with Crippen LogP contribution >= 0.6 is 11.3 Å². The third-order valence-electron chi connectivity index (χ3n) is 4.76. The first-order valence-corrected chi connectivity index (χ1v) is 10.6. The maximum absolute atomic E-state index is 4.85. The van der Waals surface area contributed by atoms with Crippen LogP contribution in [0.2, 0.25) is 0 Å². The lowest BCUT2D eigenvalue weighted by molar-refractivity contribution is 0.102. The summed E-state index contributed by atoms with van der Waals surface area (Å²) in [6, 6.07) is 0. The molecule has 0 amide bonds. The van der Waals surface area contributed by atoms with Gasteiger partial charge in [0.25, 0.3) is 0 Å². The van der Waals surface area contributed by atoms with Crippen molar-refractivity contribution >= 4 is 17.3 Å². The minimum atomic E-state index is 0.119. The van der Waals surface area contributed by atoms with Crippen molar-refractivity contribution in [1.29, 1.82) is 0 Å². The maximum Gasteiger partial charge on any atom is 0.191 e. The van der Waals surface area contributed by atoms with Crippen molar-refractivity contribution in [2.45, 2.75) is 65.3 Å². The SMILES string of the molecule is CCNC(=NCC(C)(C)N1CCCCC1)NCCc1csc(CC)n1. The van der Waals surface area contributed by atoms with Crippen LogP contribution in [0.1, 0.15) is 57.7 Å². The van der Waals surface area contributed by atoms with Crippen LogP contribution in [0, 0.1) is 0 Å². The van der Waals surface area contributed by atoms with Gasteiger partial charge < -0.3 is 10.6 Å². The van der Waals surface area contributed by atoms with Crippen LogP contribution in [0.4, 0.5) is 0 Å². The molecular formula is C19H35N5S. The molecule has 0 unspecified atom stereocenters. The first-order valence-electron chi connectivity index (χ1n) is 9.75. The van der Waals surface area contributed by atoms with E-state index in [4.69, 9.17) is 4.99 Å². The van der Waals surface area contributed by atoms with E-state index in [1.165, 1.54) is 43.1 Å². The van der Waals surface area contributed by atoms with Gasteiger partial charge in [0.2, 0.25) is 0 Å². The van der Waals surface area contributed by atoms with Crippen LogP contribution < -0.4 is 10.6 Å². The van der Waals surface area contributed by atoms with Gasteiger partial charge in [-0.25, -0.2) is 4.98 Å². The number of aryl methyl sites for hydroxylation is 1. The van der Waals surface area contributed by atoms with Gasteiger partial charge in [0.1, 0.15) is 0 Å². The molecule has 2 heterocycles. The molecule has 1 aliphatic rings. The van der Waals surface area contributed by atoms with Crippen molar-refractivity contribution in [2.75, 3.05) is 32.7 Å². The second-order valence-corrected chi connectivity index (χ2v) is 8.26. The maximum atomic E-state index is 4.85. The van der Waals surface area contributed by atoms with E-state index in [-0.39, 0.29) is 5.54 Å². The summed E-state index contributed by atoms with van der Waals surface area (Å²) in [5.41, 5.74) is 1.30. The van der Waals surface area contributed by atoms with Gasteiger partial charge in [0, 0.05) is 30.4 Å². The Kier molecular flexibility index (Phi) is 8.16. The quantitative estimate of drug-likeness (QED) is 0.549. The zero-order chi connectivity index (χ0) is 18.1. The highest BCUT2D eigenvalue weighted by Gasteiger charge is 2.27. The first-order chi connectivity index (χ1) is 12.0. The Morgan fingerprint density at radius 2 is 2.00 bits per heavy atom. The van der Waals surface area contributed by atoms with Crippen molar-refractivity contribution in [1.82, 2.24) is 20.5 Å². The van der Waals surface area contributed by atoms with Gasteiger partial charge in [0.05, 0.1) is 17.2 Å². The fraction of sp³-hybridized carbons (Fsp3) is 0.789. The summed E-state index contributed by atoms with van der Waals surface area (Å²) >= 11 is 1.76. The molecule has 1 saturated heterocycles. The van der Waals surface area contributed by atoms with Crippen molar-refractivity contribution in [3.8, 4) is 0 Å². The van der Waals surface area contributed by atoms with Crippen molar-refractivity contribution < 1.29 is 0 Å². The monoisotopic (exact) mass is 365 g/mol. The molecule has 2 rings (SSSR count). The van der Waals surface area contributed by atoms with Gasteiger partial charge in [-0.2, -0.15) is 0 Å². The summed E-state index contributed by atoms with van der Waals surface area (Å²) in [6.45, 7) is 13.9. The summed E-state index contributed by atoms with van der Waals surface area (Å²) in [4.78, 5) is 12.1. The van der Waals surface area contributed by atoms with Gasteiger partial charge in [-0.05, 0) is 53.1 Å². The van der Waals surface area contributed by atoms with Crippen LogP contribution in [0.3, 0.4) is 0 Å². The third kappa shape index (κ3) is 6.59. The van der Waals surface area contributed by atoms with Crippen molar-refractivity contribution in [3.63, 3.8) is 0 Å². The van der Waals surface area contributed by atoms with Crippen LogP contribution in [0.5, 0.6) is 0 Å². The molecule has 0 radical (unpaired) electrons. The Hall–Kier alpha value is -1.14. The van der Waals surface area contributed by atoms with E-state index < -0.39 is 0 Å². The molecule has 25 heavy (non-hydrogen) atoms. The third-order valence-corrected chi connectivity index (χ3v) is 5.80. The molecular weight excluding hydrogens is 330 g/mol. The zero-order valence-electron chi connectivity index (χ0n) is 16.4. The number of rotatable bonds is 8.